The van der Waals surface area contributed by atoms with Gasteiger partial charge >= 0.3 is 0 Å². The van der Waals surface area contributed by atoms with E-state index < -0.39 is 0 Å². The predicted molar refractivity (Wildman–Crippen MR) is 130 cm³/mol. The number of anilines is 2. The van der Waals surface area contributed by atoms with E-state index in [-0.39, 0.29) is 29.7 Å². The largest absolute Gasteiger partial charge is 0.305 e. The van der Waals surface area contributed by atoms with Gasteiger partial charge in [0.15, 0.2) is 0 Å². The molecule has 170 valence electrons. The Morgan fingerprint density at radius 1 is 1.06 bits per heavy atom. The lowest BCUT2D eigenvalue weighted by Gasteiger charge is -2.43. The number of hydrogen-bond acceptors (Lipinski definition) is 2. The Bertz CT molecular complexity index is 1180. The molecule has 0 saturated heterocycles. The van der Waals surface area contributed by atoms with E-state index in [1.807, 2.05) is 56.0 Å². The summed E-state index contributed by atoms with van der Waals surface area (Å²) in [7, 11) is 0. The summed E-state index contributed by atoms with van der Waals surface area (Å²) in [6.45, 7) is 5.80. The maximum Gasteiger partial charge on any atom is 0.258 e. The Kier molecular flexibility index (Phi) is 6.52. The Morgan fingerprint density at radius 2 is 1.73 bits per heavy atom. The summed E-state index contributed by atoms with van der Waals surface area (Å²) in [6.07, 6.45) is 0.921. The number of hydrogen-bond donors (Lipinski definition) is 0. The van der Waals surface area contributed by atoms with Crippen molar-refractivity contribution in [1.82, 2.24) is 0 Å². The van der Waals surface area contributed by atoms with Crippen LogP contribution in [-0.2, 0) is 4.79 Å². The maximum atomic E-state index is 13.5. The summed E-state index contributed by atoms with van der Waals surface area (Å²) in [5, 5.41) is 0.603. The van der Waals surface area contributed by atoms with E-state index in [0.717, 1.165) is 22.5 Å². The number of carbonyl (C=O) groups is 2. The van der Waals surface area contributed by atoms with E-state index in [4.69, 9.17) is 11.6 Å². The van der Waals surface area contributed by atoms with Gasteiger partial charge in [-0.15, -0.1) is 0 Å². The molecule has 2 atom stereocenters. The molecule has 0 aromatic heterocycles. The van der Waals surface area contributed by atoms with E-state index in [9.17, 15) is 14.0 Å². The van der Waals surface area contributed by atoms with Gasteiger partial charge < -0.3 is 9.80 Å². The van der Waals surface area contributed by atoms with Crippen LogP contribution >= 0.6 is 11.6 Å². The SMILES string of the molecule is CCC(=O)N(c1ccc(Cl)cc1)C1CC(C)N(C(=O)c2ccc(F)cc2)c2cc(C)ccc21. The molecule has 0 aliphatic carbocycles. The second kappa shape index (κ2) is 9.36. The maximum absolute atomic E-state index is 13.5. The van der Waals surface area contributed by atoms with E-state index in [2.05, 4.69) is 0 Å². The molecule has 0 spiro atoms. The smallest absolute Gasteiger partial charge is 0.258 e. The zero-order valence-electron chi connectivity index (χ0n) is 18.9. The lowest BCUT2D eigenvalue weighted by atomic mass is 9.88. The number of carbonyl (C=O) groups excluding carboxylic acids is 2. The molecular weight excluding hydrogens is 439 g/mol. The third-order valence-electron chi connectivity index (χ3n) is 6.11. The average Bonchev–Trinajstić information content (AvgIpc) is 2.80. The first kappa shape index (κ1) is 23.0. The molecule has 0 radical (unpaired) electrons. The van der Waals surface area contributed by atoms with Crippen molar-refractivity contribution < 1.29 is 14.0 Å². The van der Waals surface area contributed by atoms with Crippen LogP contribution in [0.2, 0.25) is 5.02 Å². The zero-order valence-corrected chi connectivity index (χ0v) is 19.6. The lowest BCUT2D eigenvalue weighted by Crippen LogP contribution is -2.47. The summed E-state index contributed by atoms with van der Waals surface area (Å²) in [4.78, 5) is 30.2. The first-order chi connectivity index (χ1) is 15.8. The number of benzene rings is 3. The van der Waals surface area contributed by atoms with Gasteiger partial charge in [0.25, 0.3) is 5.91 Å². The van der Waals surface area contributed by atoms with Gasteiger partial charge in [0.1, 0.15) is 5.82 Å². The van der Waals surface area contributed by atoms with Crippen molar-refractivity contribution in [2.75, 3.05) is 9.80 Å². The van der Waals surface area contributed by atoms with Crippen LogP contribution in [0.3, 0.4) is 0 Å². The van der Waals surface area contributed by atoms with Crippen LogP contribution in [0.4, 0.5) is 15.8 Å². The first-order valence-corrected chi connectivity index (χ1v) is 11.4. The summed E-state index contributed by atoms with van der Waals surface area (Å²) in [6, 6.07) is 18.4. The Hall–Kier alpha value is -3.18. The van der Waals surface area contributed by atoms with Crippen LogP contribution in [0.1, 0.15) is 54.2 Å². The highest BCUT2D eigenvalue weighted by molar-refractivity contribution is 6.30. The highest BCUT2D eigenvalue weighted by atomic mass is 35.5. The second-order valence-electron chi connectivity index (χ2n) is 8.44. The molecule has 33 heavy (non-hydrogen) atoms. The van der Waals surface area contributed by atoms with Crippen molar-refractivity contribution >= 4 is 34.8 Å². The van der Waals surface area contributed by atoms with Crippen molar-refractivity contribution in [1.29, 1.82) is 0 Å². The van der Waals surface area contributed by atoms with Crippen molar-refractivity contribution in [3.05, 3.63) is 94.3 Å². The number of amides is 2. The normalized spacial score (nSPS) is 17.4. The summed E-state index contributed by atoms with van der Waals surface area (Å²) < 4.78 is 13.4. The molecule has 1 aliphatic rings. The zero-order chi connectivity index (χ0) is 23.7. The molecule has 6 heteroatoms. The number of fused-ring (bicyclic) bond motifs is 1. The van der Waals surface area contributed by atoms with E-state index >= 15 is 0 Å². The second-order valence-corrected chi connectivity index (χ2v) is 8.87. The van der Waals surface area contributed by atoms with Gasteiger partial charge in [-0.2, -0.15) is 0 Å². The molecule has 1 aliphatic heterocycles. The minimum Gasteiger partial charge on any atom is -0.305 e. The summed E-state index contributed by atoms with van der Waals surface area (Å²) in [5.41, 5.74) is 3.89. The van der Waals surface area contributed by atoms with Gasteiger partial charge in [-0.1, -0.05) is 30.7 Å². The van der Waals surface area contributed by atoms with Gasteiger partial charge in [0, 0.05) is 34.4 Å². The highest BCUT2D eigenvalue weighted by Crippen LogP contribution is 2.43. The molecule has 0 N–H and O–H groups in total. The fourth-order valence-electron chi connectivity index (χ4n) is 4.49. The quantitative estimate of drug-likeness (QED) is 0.430. The first-order valence-electron chi connectivity index (χ1n) is 11.1. The molecule has 4 nitrogen and oxygen atoms in total. The van der Waals surface area contributed by atoms with Gasteiger partial charge in [0.05, 0.1) is 6.04 Å². The van der Waals surface area contributed by atoms with Crippen molar-refractivity contribution in [2.45, 2.75) is 45.7 Å². The summed E-state index contributed by atoms with van der Waals surface area (Å²) in [5.74, 6) is -0.571. The molecule has 2 unspecified atom stereocenters. The fraction of sp³-hybridized carbons (Fsp3) is 0.259. The van der Waals surface area contributed by atoms with Crippen LogP contribution in [0.5, 0.6) is 0 Å². The van der Waals surface area contributed by atoms with Crippen LogP contribution in [0.25, 0.3) is 0 Å². The standard InChI is InChI=1S/C27H26ClFN2O2/c1-4-26(32)31(22-12-8-20(28)9-13-22)25-16-18(3)30(24-15-17(2)5-14-23(24)25)27(33)19-6-10-21(29)11-7-19/h5-15,18,25H,4,16H2,1-3H3. The Morgan fingerprint density at radius 3 is 2.36 bits per heavy atom. The molecule has 0 bridgehead atoms. The Labute approximate surface area is 198 Å². The third kappa shape index (κ3) is 4.51. The van der Waals surface area contributed by atoms with Crippen LogP contribution in [-0.4, -0.2) is 17.9 Å². The molecule has 2 amide bonds. The van der Waals surface area contributed by atoms with Gasteiger partial charge in [-0.3, -0.25) is 9.59 Å². The summed E-state index contributed by atoms with van der Waals surface area (Å²) >= 11 is 6.09. The van der Waals surface area contributed by atoms with Gasteiger partial charge in [0.2, 0.25) is 5.91 Å². The lowest BCUT2D eigenvalue weighted by molar-refractivity contribution is -0.118. The number of halogens is 2. The fourth-order valence-corrected chi connectivity index (χ4v) is 4.62. The third-order valence-corrected chi connectivity index (χ3v) is 6.36. The number of nitrogens with zero attached hydrogens (tertiary/aromatic N) is 2. The molecule has 3 aromatic carbocycles. The molecule has 4 rings (SSSR count). The highest BCUT2D eigenvalue weighted by Gasteiger charge is 2.38. The predicted octanol–water partition coefficient (Wildman–Crippen LogP) is 6.71. The molecule has 3 aromatic rings. The van der Waals surface area contributed by atoms with E-state index in [1.165, 1.54) is 24.3 Å². The van der Waals surface area contributed by atoms with Crippen molar-refractivity contribution in [3.8, 4) is 0 Å². The minimum atomic E-state index is -0.383. The molecule has 1 heterocycles. The van der Waals surface area contributed by atoms with Gasteiger partial charge in [-0.05, 0) is 86.0 Å². The molecule has 0 saturated carbocycles. The molecular formula is C27H26ClFN2O2. The minimum absolute atomic E-state index is 0.000594. The number of rotatable bonds is 4. The van der Waals surface area contributed by atoms with Crippen molar-refractivity contribution in [3.63, 3.8) is 0 Å². The van der Waals surface area contributed by atoms with E-state index in [0.29, 0.717) is 23.4 Å². The molecule has 0 fully saturated rings. The van der Waals surface area contributed by atoms with Crippen LogP contribution in [0, 0.1) is 12.7 Å². The van der Waals surface area contributed by atoms with Crippen LogP contribution < -0.4 is 9.80 Å². The van der Waals surface area contributed by atoms with Gasteiger partial charge in [-0.25, -0.2) is 4.39 Å². The number of aryl methyl sites for hydroxylation is 1. The topological polar surface area (TPSA) is 40.6 Å². The monoisotopic (exact) mass is 464 g/mol. The van der Waals surface area contributed by atoms with Crippen molar-refractivity contribution in [2.24, 2.45) is 0 Å². The Balaban J connectivity index is 1.82. The average molecular weight is 465 g/mol. The van der Waals surface area contributed by atoms with E-state index in [1.54, 1.807) is 17.0 Å². The van der Waals surface area contributed by atoms with Crippen LogP contribution in [0.15, 0.2) is 66.7 Å².